The second-order valence-corrected chi connectivity index (χ2v) is 10.6. The fourth-order valence-corrected chi connectivity index (χ4v) is 6.18. The molecule has 0 atom stereocenters. The van der Waals surface area contributed by atoms with Gasteiger partial charge < -0.3 is 9.64 Å². The summed E-state index contributed by atoms with van der Waals surface area (Å²) < 4.78 is 35.4. The molecule has 5 nitrogen and oxygen atoms in total. The van der Waals surface area contributed by atoms with Crippen LogP contribution in [0.4, 0.5) is 5.69 Å². The fraction of sp³-hybridized carbons (Fsp3) is 0.357. The normalized spacial score (nSPS) is 15.2. The Morgan fingerprint density at radius 2 is 1.56 bits per heavy atom. The van der Waals surface area contributed by atoms with Crippen molar-refractivity contribution in [2.24, 2.45) is 5.92 Å². The monoisotopic (exact) mass is 478 g/mol. The van der Waals surface area contributed by atoms with Crippen LogP contribution in [0, 0.1) is 5.92 Å². The summed E-state index contributed by atoms with van der Waals surface area (Å²) in [5.41, 5.74) is 2.52. The molecule has 0 radical (unpaired) electrons. The van der Waals surface area contributed by atoms with Gasteiger partial charge in [-0.05, 0) is 81.2 Å². The number of likely N-dealkylation sites (tertiary alicyclic amines) is 1. The van der Waals surface area contributed by atoms with Gasteiger partial charge in [0.1, 0.15) is 5.75 Å². The van der Waals surface area contributed by atoms with Crippen molar-refractivity contribution in [2.45, 2.75) is 31.6 Å². The predicted molar refractivity (Wildman–Crippen MR) is 139 cm³/mol. The SMILES string of the molecule is CCOc1ccc(N(CC2CCN(CC)CC2)S(=O)(=O)c2ccccc2)c(-c2ccccc2)c1. The number of benzene rings is 3. The molecule has 1 saturated heterocycles. The molecule has 1 heterocycles. The molecule has 0 spiro atoms. The van der Waals surface area contributed by atoms with E-state index in [0.717, 1.165) is 49.4 Å². The molecule has 0 unspecified atom stereocenters. The lowest BCUT2D eigenvalue weighted by Crippen LogP contribution is -2.41. The van der Waals surface area contributed by atoms with Crippen LogP contribution in [0.2, 0.25) is 0 Å². The standard InChI is InChI=1S/C28H34N2O3S/c1-3-29-19-17-23(18-20-29)22-30(34(31,32)26-13-9-6-10-14-26)28-16-15-25(33-4-2)21-27(28)24-11-7-5-8-12-24/h5-16,21,23H,3-4,17-20,22H2,1-2H3. The number of piperidine rings is 1. The molecule has 0 bridgehead atoms. The van der Waals surface area contributed by atoms with Crippen molar-refractivity contribution in [3.8, 4) is 16.9 Å². The van der Waals surface area contributed by atoms with Gasteiger partial charge in [0.25, 0.3) is 10.0 Å². The van der Waals surface area contributed by atoms with Crippen molar-refractivity contribution in [1.82, 2.24) is 4.90 Å². The van der Waals surface area contributed by atoms with Gasteiger partial charge in [-0.1, -0.05) is 55.5 Å². The van der Waals surface area contributed by atoms with Crippen molar-refractivity contribution in [3.63, 3.8) is 0 Å². The summed E-state index contributed by atoms with van der Waals surface area (Å²) in [7, 11) is -3.75. The van der Waals surface area contributed by atoms with Gasteiger partial charge in [0.05, 0.1) is 17.2 Å². The average Bonchev–Trinajstić information content (AvgIpc) is 2.89. The molecule has 1 aliphatic heterocycles. The van der Waals surface area contributed by atoms with Crippen molar-refractivity contribution in [3.05, 3.63) is 78.9 Å². The molecule has 180 valence electrons. The zero-order valence-electron chi connectivity index (χ0n) is 20.1. The predicted octanol–water partition coefficient (Wildman–Crippen LogP) is 5.68. The first-order valence-electron chi connectivity index (χ1n) is 12.1. The Morgan fingerprint density at radius 1 is 0.912 bits per heavy atom. The number of anilines is 1. The number of hydrogen-bond acceptors (Lipinski definition) is 4. The summed E-state index contributed by atoms with van der Waals surface area (Å²) in [6.07, 6.45) is 1.98. The molecule has 34 heavy (non-hydrogen) atoms. The minimum Gasteiger partial charge on any atom is -0.494 e. The molecule has 6 heteroatoms. The van der Waals surface area contributed by atoms with Gasteiger partial charge in [-0.25, -0.2) is 8.42 Å². The van der Waals surface area contributed by atoms with Crippen molar-refractivity contribution in [1.29, 1.82) is 0 Å². The van der Waals surface area contributed by atoms with Gasteiger partial charge in [0.15, 0.2) is 0 Å². The molecular weight excluding hydrogens is 444 g/mol. The van der Waals surface area contributed by atoms with Crippen LogP contribution in [0.5, 0.6) is 5.75 Å². The van der Waals surface area contributed by atoms with E-state index < -0.39 is 10.0 Å². The Balaban J connectivity index is 1.80. The van der Waals surface area contributed by atoms with E-state index in [2.05, 4.69) is 11.8 Å². The third-order valence-electron chi connectivity index (χ3n) is 6.54. The third-order valence-corrected chi connectivity index (χ3v) is 8.34. The number of sulfonamides is 1. The first-order valence-corrected chi connectivity index (χ1v) is 13.6. The largest absolute Gasteiger partial charge is 0.494 e. The van der Waals surface area contributed by atoms with E-state index in [1.807, 2.05) is 61.5 Å². The van der Waals surface area contributed by atoms with Gasteiger partial charge >= 0.3 is 0 Å². The zero-order chi connectivity index (χ0) is 24.0. The van der Waals surface area contributed by atoms with E-state index in [-0.39, 0.29) is 0 Å². The highest BCUT2D eigenvalue weighted by Crippen LogP contribution is 2.38. The molecule has 1 fully saturated rings. The van der Waals surface area contributed by atoms with Crippen LogP contribution < -0.4 is 9.04 Å². The number of hydrogen-bond donors (Lipinski definition) is 0. The fourth-order valence-electron chi connectivity index (χ4n) is 4.60. The van der Waals surface area contributed by atoms with Crippen LogP contribution in [-0.2, 0) is 10.0 Å². The highest BCUT2D eigenvalue weighted by Gasteiger charge is 2.31. The number of nitrogens with zero attached hydrogens (tertiary/aromatic N) is 2. The van der Waals surface area contributed by atoms with E-state index in [4.69, 9.17) is 4.74 Å². The van der Waals surface area contributed by atoms with Crippen LogP contribution >= 0.6 is 0 Å². The first kappa shape index (κ1) is 24.3. The maximum absolute atomic E-state index is 14.0. The number of ether oxygens (including phenoxy) is 1. The Hall–Kier alpha value is -2.83. The lowest BCUT2D eigenvalue weighted by Gasteiger charge is -2.35. The van der Waals surface area contributed by atoms with Crippen LogP contribution in [0.25, 0.3) is 11.1 Å². The van der Waals surface area contributed by atoms with Crippen LogP contribution in [0.1, 0.15) is 26.7 Å². The summed E-state index contributed by atoms with van der Waals surface area (Å²) in [6, 6.07) is 24.4. The molecule has 0 saturated carbocycles. The molecule has 3 aromatic carbocycles. The van der Waals surface area contributed by atoms with E-state index >= 15 is 0 Å². The van der Waals surface area contributed by atoms with Gasteiger partial charge in [0, 0.05) is 12.1 Å². The van der Waals surface area contributed by atoms with Crippen molar-refractivity contribution in [2.75, 3.05) is 37.1 Å². The zero-order valence-corrected chi connectivity index (χ0v) is 20.9. The third kappa shape index (κ3) is 5.45. The van der Waals surface area contributed by atoms with Gasteiger partial charge in [-0.2, -0.15) is 0 Å². The maximum Gasteiger partial charge on any atom is 0.264 e. The average molecular weight is 479 g/mol. The quantitative estimate of drug-likeness (QED) is 0.397. The Bertz CT molecular complexity index is 1160. The van der Waals surface area contributed by atoms with E-state index in [0.29, 0.717) is 29.7 Å². The minimum absolute atomic E-state index is 0.302. The molecule has 4 rings (SSSR count). The smallest absolute Gasteiger partial charge is 0.264 e. The van der Waals surface area contributed by atoms with Gasteiger partial charge in [0.2, 0.25) is 0 Å². The Kier molecular flexibility index (Phi) is 7.91. The summed E-state index contributed by atoms with van der Waals surface area (Å²) in [5.74, 6) is 1.04. The van der Waals surface area contributed by atoms with Gasteiger partial charge in [-0.3, -0.25) is 4.31 Å². The molecule has 0 N–H and O–H groups in total. The highest BCUT2D eigenvalue weighted by atomic mass is 32.2. The molecular formula is C28H34N2O3S. The lowest BCUT2D eigenvalue weighted by molar-refractivity contribution is 0.196. The van der Waals surface area contributed by atoms with E-state index in [1.165, 1.54) is 0 Å². The lowest BCUT2D eigenvalue weighted by atomic mass is 9.96. The molecule has 0 aliphatic carbocycles. The van der Waals surface area contributed by atoms with E-state index in [1.54, 1.807) is 28.6 Å². The second-order valence-electron chi connectivity index (χ2n) is 8.70. The van der Waals surface area contributed by atoms with Crippen LogP contribution in [-0.4, -0.2) is 46.1 Å². The van der Waals surface area contributed by atoms with Crippen molar-refractivity contribution >= 4 is 15.7 Å². The molecule has 3 aromatic rings. The minimum atomic E-state index is -3.75. The molecule has 0 aromatic heterocycles. The first-order chi connectivity index (χ1) is 16.5. The van der Waals surface area contributed by atoms with Crippen molar-refractivity contribution < 1.29 is 13.2 Å². The molecule has 1 aliphatic rings. The molecule has 0 amide bonds. The number of rotatable bonds is 9. The maximum atomic E-state index is 14.0. The summed E-state index contributed by atoms with van der Waals surface area (Å²) >= 11 is 0. The summed E-state index contributed by atoms with van der Waals surface area (Å²) in [5, 5.41) is 0. The summed E-state index contributed by atoms with van der Waals surface area (Å²) in [4.78, 5) is 2.74. The highest BCUT2D eigenvalue weighted by molar-refractivity contribution is 7.92. The van der Waals surface area contributed by atoms with Crippen LogP contribution in [0.15, 0.2) is 83.8 Å². The Labute approximate surface area is 204 Å². The van der Waals surface area contributed by atoms with Crippen LogP contribution in [0.3, 0.4) is 0 Å². The Morgan fingerprint density at radius 3 is 2.18 bits per heavy atom. The van der Waals surface area contributed by atoms with Gasteiger partial charge in [-0.15, -0.1) is 0 Å². The topological polar surface area (TPSA) is 49.9 Å². The van der Waals surface area contributed by atoms with E-state index in [9.17, 15) is 8.42 Å². The summed E-state index contributed by atoms with van der Waals surface area (Å²) in [6.45, 7) is 8.20. The second kappa shape index (κ2) is 11.1.